The van der Waals surface area contributed by atoms with Crippen LogP contribution in [0.4, 0.5) is 8.78 Å². The van der Waals surface area contributed by atoms with E-state index in [4.69, 9.17) is 5.73 Å². The highest BCUT2D eigenvalue weighted by atomic mass is 32.2. The van der Waals surface area contributed by atoms with Crippen molar-refractivity contribution < 1.29 is 8.78 Å². The van der Waals surface area contributed by atoms with Crippen molar-refractivity contribution in [2.24, 2.45) is 5.73 Å². The van der Waals surface area contributed by atoms with E-state index in [1.807, 2.05) is 6.92 Å². The quantitative estimate of drug-likeness (QED) is 0.902. The van der Waals surface area contributed by atoms with Crippen molar-refractivity contribution in [1.29, 1.82) is 0 Å². The van der Waals surface area contributed by atoms with Crippen molar-refractivity contribution in [3.8, 4) is 0 Å². The van der Waals surface area contributed by atoms with Crippen molar-refractivity contribution in [3.63, 3.8) is 0 Å². The molecule has 1 atom stereocenters. The molecule has 0 aromatic heterocycles. The van der Waals surface area contributed by atoms with Gasteiger partial charge in [0.25, 0.3) is 0 Å². The molecule has 0 saturated heterocycles. The Bertz CT molecular complexity index is 538. The number of halogens is 2. The molecule has 0 aliphatic carbocycles. The molecule has 2 aromatic rings. The summed E-state index contributed by atoms with van der Waals surface area (Å²) in [5.41, 5.74) is 6.58. The minimum absolute atomic E-state index is 0.247. The molecule has 0 fully saturated rings. The third-order valence-corrected chi connectivity index (χ3v) is 3.60. The van der Waals surface area contributed by atoms with Gasteiger partial charge < -0.3 is 5.73 Å². The van der Waals surface area contributed by atoms with E-state index in [1.54, 1.807) is 18.2 Å². The van der Waals surface area contributed by atoms with E-state index < -0.39 is 0 Å². The Morgan fingerprint density at radius 1 is 1.00 bits per heavy atom. The molecule has 4 heteroatoms. The Hall–Kier alpha value is -1.39. The first-order valence-corrected chi connectivity index (χ1v) is 6.36. The van der Waals surface area contributed by atoms with Crippen molar-refractivity contribution >= 4 is 11.8 Å². The molecule has 0 unspecified atom stereocenters. The van der Waals surface area contributed by atoms with Crippen LogP contribution < -0.4 is 5.73 Å². The molecule has 2 rings (SSSR count). The van der Waals surface area contributed by atoms with E-state index in [9.17, 15) is 8.78 Å². The van der Waals surface area contributed by atoms with Crippen molar-refractivity contribution in [3.05, 3.63) is 59.7 Å². The van der Waals surface area contributed by atoms with E-state index >= 15 is 0 Å². The number of nitrogens with two attached hydrogens (primary N) is 1. The maximum Gasteiger partial charge on any atom is 0.123 e. The standard InChI is InChI=1S/C14H13F2NS/c1-9(17)13-8-11(16)4-7-14(13)18-12-5-2-10(15)3-6-12/h2-9H,17H2,1H3/t9-/m1/s1. The first-order chi connectivity index (χ1) is 8.56. The van der Waals surface area contributed by atoms with Crippen molar-refractivity contribution in [2.75, 3.05) is 0 Å². The zero-order valence-electron chi connectivity index (χ0n) is 9.86. The van der Waals surface area contributed by atoms with Crippen LogP contribution in [0.15, 0.2) is 52.3 Å². The van der Waals surface area contributed by atoms with E-state index in [0.29, 0.717) is 0 Å². The smallest absolute Gasteiger partial charge is 0.123 e. The first-order valence-electron chi connectivity index (χ1n) is 5.54. The molecule has 0 heterocycles. The summed E-state index contributed by atoms with van der Waals surface area (Å²) in [6.07, 6.45) is 0. The van der Waals surface area contributed by atoms with Crippen LogP contribution in [0.5, 0.6) is 0 Å². The SMILES string of the molecule is C[C@@H](N)c1cc(F)ccc1Sc1ccc(F)cc1. The molecule has 18 heavy (non-hydrogen) atoms. The van der Waals surface area contributed by atoms with Crippen LogP contribution in [0.25, 0.3) is 0 Å². The van der Waals surface area contributed by atoms with Gasteiger partial charge in [-0.15, -0.1) is 0 Å². The minimum Gasteiger partial charge on any atom is -0.324 e. The second-order valence-electron chi connectivity index (χ2n) is 4.03. The monoisotopic (exact) mass is 265 g/mol. The van der Waals surface area contributed by atoms with E-state index in [1.165, 1.54) is 36.0 Å². The molecule has 2 N–H and O–H groups in total. The summed E-state index contributed by atoms with van der Waals surface area (Å²) >= 11 is 1.45. The van der Waals surface area contributed by atoms with Crippen LogP contribution in [-0.2, 0) is 0 Å². The molecule has 2 aromatic carbocycles. The van der Waals surface area contributed by atoms with E-state index in [0.717, 1.165) is 15.4 Å². The lowest BCUT2D eigenvalue weighted by Gasteiger charge is -2.12. The van der Waals surface area contributed by atoms with Gasteiger partial charge in [0.1, 0.15) is 11.6 Å². The molecular formula is C14H13F2NS. The summed E-state index contributed by atoms with van der Waals surface area (Å²) in [5, 5.41) is 0. The molecule has 94 valence electrons. The molecular weight excluding hydrogens is 252 g/mol. The maximum atomic E-state index is 13.2. The van der Waals surface area contributed by atoms with Gasteiger partial charge in [-0.2, -0.15) is 0 Å². The maximum absolute atomic E-state index is 13.2. The van der Waals surface area contributed by atoms with E-state index in [-0.39, 0.29) is 17.7 Å². The summed E-state index contributed by atoms with van der Waals surface area (Å²) in [7, 11) is 0. The van der Waals surface area contributed by atoms with Crippen LogP contribution in [-0.4, -0.2) is 0 Å². The highest BCUT2D eigenvalue weighted by Gasteiger charge is 2.09. The lowest BCUT2D eigenvalue weighted by atomic mass is 10.1. The van der Waals surface area contributed by atoms with Gasteiger partial charge in [-0.25, -0.2) is 8.78 Å². The Kier molecular flexibility index (Phi) is 3.99. The normalized spacial score (nSPS) is 12.4. The average Bonchev–Trinajstić information content (AvgIpc) is 2.34. The molecule has 0 aliphatic heterocycles. The minimum atomic E-state index is -0.300. The molecule has 0 radical (unpaired) electrons. The molecule has 0 aliphatic rings. The lowest BCUT2D eigenvalue weighted by molar-refractivity contribution is 0.619. The fraction of sp³-hybridized carbons (Fsp3) is 0.143. The zero-order valence-corrected chi connectivity index (χ0v) is 10.7. The van der Waals surface area contributed by atoms with E-state index in [2.05, 4.69) is 0 Å². The number of hydrogen-bond acceptors (Lipinski definition) is 2. The topological polar surface area (TPSA) is 26.0 Å². The third-order valence-electron chi connectivity index (χ3n) is 2.50. The Labute approximate surface area is 109 Å². The average molecular weight is 265 g/mol. The highest BCUT2D eigenvalue weighted by Crippen LogP contribution is 2.33. The fourth-order valence-corrected chi connectivity index (χ4v) is 2.62. The van der Waals surface area contributed by atoms with Gasteiger partial charge in [0.2, 0.25) is 0 Å². The first kappa shape index (κ1) is 13.1. The number of hydrogen-bond donors (Lipinski definition) is 1. The largest absolute Gasteiger partial charge is 0.324 e. The summed E-state index contributed by atoms with van der Waals surface area (Å²) < 4.78 is 26.0. The highest BCUT2D eigenvalue weighted by molar-refractivity contribution is 7.99. The second kappa shape index (κ2) is 5.50. The fourth-order valence-electron chi connectivity index (χ4n) is 1.60. The number of rotatable bonds is 3. The van der Waals surface area contributed by atoms with Gasteiger partial charge in [0.05, 0.1) is 0 Å². The molecule has 0 spiro atoms. The van der Waals surface area contributed by atoms with Crippen molar-refractivity contribution in [2.45, 2.75) is 22.8 Å². The molecule has 0 saturated carbocycles. The van der Waals surface area contributed by atoms with Gasteiger partial charge in [0, 0.05) is 15.8 Å². The summed E-state index contributed by atoms with van der Waals surface area (Å²) in [4.78, 5) is 1.78. The summed E-state index contributed by atoms with van der Waals surface area (Å²) in [5.74, 6) is -0.573. The van der Waals surface area contributed by atoms with Crippen LogP contribution in [0.3, 0.4) is 0 Å². The predicted octanol–water partition coefficient (Wildman–Crippen LogP) is 4.14. The Balaban J connectivity index is 2.31. The van der Waals surface area contributed by atoms with Gasteiger partial charge in [-0.1, -0.05) is 11.8 Å². The summed E-state index contributed by atoms with van der Waals surface area (Å²) in [6.45, 7) is 1.81. The van der Waals surface area contributed by atoms with Crippen LogP contribution in [0.2, 0.25) is 0 Å². The zero-order chi connectivity index (χ0) is 13.1. The Morgan fingerprint density at radius 2 is 1.61 bits per heavy atom. The number of benzene rings is 2. The van der Waals surface area contributed by atoms with Crippen LogP contribution in [0.1, 0.15) is 18.5 Å². The van der Waals surface area contributed by atoms with Gasteiger partial charge >= 0.3 is 0 Å². The predicted molar refractivity (Wildman–Crippen MR) is 69.5 cm³/mol. The lowest BCUT2D eigenvalue weighted by Crippen LogP contribution is -2.06. The second-order valence-corrected chi connectivity index (χ2v) is 5.14. The third kappa shape index (κ3) is 3.09. The van der Waals surface area contributed by atoms with Gasteiger partial charge in [0.15, 0.2) is 0 Å². The van der Waals surface area contributed by atoms with Crippen molar-refractivity contribution in [1.82, 2.24) is 0 Å². The van der Waals surface area contributed by atoms with Gasteiger partial charge in [-0.05, 0) is 55.0 Å². The van der Waals surface area contributed by atoms with Crippen LogP contribution >= 0.6 is 11.8 Å². The van der Waals surface area contributed by atoms with Crippen LogP contribution in [0, 0.1) is 11.6 Å². The summed E-state index contributed by atoms with van der Waals surface area (Å²) in [6, 6.07) is 10.5. The molecule has 0 amide bonds. The molecule has 1 nitrogen and oxygen atoms in total. The molecule has 0 bridgehead atoms. The van der Waals surface area contributed by atoms with Gasteiger partial charge in [-0.3, -0.25) is 0 Å². The Morgan fingerprint density at radius 3 is 2.22 bits per heavy atom.